The lowest BCUT2D eigenvalue weighted by molar-refractivity contribution is 0.0961. The standard InChI is InChI=1S/C12H20N4O2/c1-14-9-10(15(2)12(14)18)16(11(17)13-9)8-6-4-3-5-7-8/h8-10H,3-7H2,1-2H3,(H,13,17)/t9-,10+/m1/s1. The van der Waals surface area contributed by atoms with E-state index in [9.17, 15) is 9.59 Å². The van der Waals surface area contributed by atoms with E-state index in [1.807, 2.05) is 4.90 Å². The Bertz CT molecular complexity index is 380. The molecule has 1 saturated carbocycles. The Morgan fingerprint density at radius 1 is 1.06 bits per heavy atom. The molecule has 2 atom stereocenters. The van der Waals surface area contributed by atoms with Crippen LogP contribution >= 0.6 is 0 Å². The second-order valence-electron chi connectivity index (χ2n) is 5.51. The van der Waals surface area contributed by atoms with E-state index < -0.39 is 0 Å². The van der Waals surface area contributed by atoms with Crippen molar-refractivity contribution in [3.63, 3.8) is 0 Å². The molecule has 0 spiro atoms. The zero-order valence-corrected chi connectivity index (χ0v) is 10.9. The van der Waals surface area contributed by atoms with Crippen molar-refractivity contribution >= 4 is 12.1 Å². The minimum absolute atomic E-state index is 0.0224. The number of hydrogen-bond donors (Lipinski definition) is 1. The lowest BCUT2D eigenvalue weighted by Gasteiger charge is -2.35. The number of amides is 4. The molecule has 0 aromatic carbocycles. The molecular formula is C12H20N4O2. The Kier molecular flexibility index (Phi) is 2.60. The first kappa shape index (κ1) is 11.6. The third-order valence-corrected chi connectivity index (χ3v) is 4.46. The summed E-state index contributed by atoms with van der Waals surface area (Å²) in [6.07, 6.45) is 5.40. The van der Waals surface area contributed by atoms with E-state index in [1.165, 1.54) is 19.3 Å². The van der Waals surface area contributed by atoms with E-state index in [4.69, 9.17) is 0 Å². The topological polar surface area (TPSA) is 55.9 Å². The minimum atomic E-state index is -0.197. The molecule has 6 heteroatoms. The van der Waals surface area contributed by atoms with Gasteiger partial charge in [0.25, 0.3) is 0 Å². The summed E-state index contributed by atoms with van der Waals surface area (Å²) >= 11 is 0. The van der Waals surface area contributed by atoms with E-state index in [0.29, 0.717) is 0 Å². The predicted molar refractivity (Wildman–Crippen MR) is 65.7 cm³/mol. The van der Waals surface area contributed by atoms with E-state index in [0.717, 1.165) is 12.8 Å². The Balaban J connectivity index is 1.85. The van der Waals surface area contributed by atoms with Crippen molar-refractivity contribution in [1.29, 1.82) is 0 Å². The zero-order chi connectivity index (χ0) is 12.9. The fourth-order valence-corrected chi connectivity index (χ4v) is 3.47. The highest BCUT2D eigenvalue weighted by atomic mass is 16.2. The maximum atomic E-state index is 12.1. The lowest BCUT2D eigenvalue weighted by Crippen LogP contribution is -2.50. The van der Waals surface area contributed by atoms with Gasteiger partial charge in [-0.15, -0.1) is 0 Å². The van der Waals surface area contributed by atoms with Gasteiger partial charge in [-0.2, -0.15) is 0 Å². The van der Waals surface area contributed by atoms with Crippen molar-refractivity contribution in [1.82, 2.24) is 20.0 Å². The largest absolute Gasteiger partial charge is 0.323 e. The number of hydrogen-bond acceptors (Lipinski definition) is 2. The van der Waals surface area contributed by atoms with Crippen LogP contribution in [0, 0.1) is 0 Å². The molecule has 3 rings (SSSR count). The second-order valence-corrected chi connectivity index (χ2v) is 5.51. The molecule has 0 radical (unpaired) electrons. The average molecular weight is 252 g/mol. The summed E-state index contributed by atoms with van der Waals surface area (Å²) in [5, 5.41) is 2.92. The molecule has 0 bridgehead atoms. The summed E-state index contributed by atoms with van der Waals surface area (Å²) in [7, 11) is 3.52. The maximum absolute atomic E-state index is 12.1. The summed E-state index contributed by atoms with van der Waals surface area (Å²) in [4.78, 5) is 29.3. The molecule has 4 amide bonds. The SMILES string of the molecule is CN1C(=O)N(C)[C@@H]2[C@@H]1NC(=O)N2C1CCCCC1. The third kappa shape index (κ3) is 1.47. The van der Waals surface area contributed by atoms with Crippen LogP contribution in [0.5, 0.6) is 0 Å². The van der Waals surface area contributed by atoms with Crippen LogP contribution in [0.25, 0.3) is 0 Å². The van der Waals surface area contributed by atoms with Gasteiger partial charge in [0.15, 0.2) is 0 Å². The fraction of sp³-hybridized carbons (Fsp3) is 0.833. The number of urea groups is 2. The molecular weight excluding hydrogens is 232 g/mol. The second kappa shape index (κ2) is 4.03. The van der Waals surface area contributed by atoms with Gasteiger partial charge in [-0.3, -0.25) is 4.90 Å². The molecule has 2 heterocycles. The molecule has 1 aliphatic carbocycles. The monoisotopic (exact) mass is 252 g/mol. The first-order valence-corrected chi connectivity index (χ1v) is 6.69. The van der Waals surface area contributed by atoms with E-state index in [-0.39, 0.29) is 30.4 Å². The number of rotatable bonds is 1. The molecule has 18 heavy (non-hydrogen) atoms. The first-order valence-electron chi connectivity index (χ1n) is 6.69. The van der Waals surface area contributed by atoms with Crippen molar-refractivity contribution in [2.24, 2.45) is 0 Å². The number of fused-ring (bicyclic) bond motifs is 1. The van der Waals surface area contributed by atoms with Gasteiger partial charge in [-0.05, 0) is 12.8 Å². The Morgan fingerprint density at radius 3 is 2.39 bits per heavy atom. The molecule has 0 unspecified atom stereocenters. The van der Waals surface area contributed by atoms with Crippen LogP contribution in [0.2, 0.25) is 0 Å². The van der Waals surface area contributed by atoms with E-state index in [2.05, 4.69) is 5.32 Å². The number of carbonyl (C=O) groups excluding carboxylic acids is 2. The van der Waals surface area contributed by atoms with Crippen molar-refractivity contribution in [2.75, 3.05) is 14.1 Å². The first-order chi connectivity index (χ1) is 8.61. The van der Waals surface area contributed by atoms with Crippen molar-refractivity contribution < 1.29 is 9.59 Å². The number of nitrogens with one attached hydrogen (secondary N) is 1. The van der Waals surface area contributed by atoms with Crippen LogP contribution in [-0.2, 0) is 0 Å². The molecule has 100 valence electrons. The van der Waals surface area contributed by atoms with Crippen LogP contribution < -0.4 is 5.32 Å². The van der Waals surface area contributed by atoms with Crippen molar-refractivity contribution in [3.8, 4) is 0 Å². The molecule has 2 saturated heterocycles. The van der Waals surface area contributed by atoms with Crippen molar-refractivity contribution in [3.05, 3.63) is 0 Å². The lowest BCUT2D eigenvalue weighted by atomic mass is 9.94. The number of carbonyl (C=O) groups is 2. The molecule has 3 aliphatic rings. The zero-order valence-electron chi connectivity index (χ0n) is 10.9. The molecule has 6 nitrogen and oxygen atoms in total. The van der Waals surface area contributed by atoms with Gasteiger partial charge in [0.05, 0.1) is 0 Å². The Labute approximate surface area is 107 Å². The van der Waals surface area contributed by atoms with E-state index >= 15 is 0 Å². The average Bonchev–Trinajstić information content (AvgIpc) is 2.82. The summed E-state index contributed by atoms with van der Waals surface area (Å²) in [5.41, 5.74) is 0. The number of likely N-dealkylation sites (N-methyl/N-ethyl adjacent to an activating group) is 2. The highest BCUT2D eigenvalue weighted by Gasteiger charge is 2.54. The van der Waals surface area contributed by atoms with Crippen LogP contribution in [0.1, 0.15) is 32.1 Å². The van der Waals surface area contributed by atoms with Gasteiger partial charge in [-0.1, -0.05) is 19.3 Å². The molecule has 0 aromatic rings. The summed E-state index contributed by atoms with van der Waals surface area (Å²) in [6.45, 7) is 0. The summed E-state index contributed by atoms with van der Waals surface area (Å²) in [5.74, 6) is 0. The summed E-state index contributed by atoms with van der Waals surface area (Å²) in [6, 6.07) is 0.240. The van der Waals surface area contributed by atoms with Gasteiger partial charge in [0, 0.05) is 20.1 Å². The molecule has 3 fully saturated rings. The Hall–Kier alpha value is -1.46. The smallest absolute Gasteiger partial charge is 0.314 e. The Morgan fingerprint density at radius 2 is 1.72 bits per heavy atom. The van der Waals surface area contributed by atoms with Gasteiger partial charge in [0.2, 0.25) is 0 Å². The van der Waals surface area contributed by atoms with Crippen LogP contribution in [0.15, 0.2) is 0 Å². The molecule has 1 N–H and O–H groups in total. The van der Waals surface area contributed by atoms with Gasteiger partial charge in [-0.25, -0.2) is 9.59 Å². The minimum Gasteiger partial charge on any atom is -0.314 e. The normalized spacial score (nSPS) is 33.1. The molecule has 0 aromatic heterocycles. The molecule has 2 aliphatic heterocycles. The van der Waals surface area contributed by atoms with Crippen LogP contribution in [-0.4, -0.2) is 59.2 Å². The predicted octanol–water partition coefficient (Wildman–Crippen LogP) is 0.994. The number of nitrogens with zero attached hydrogens (tertiary/aromatic N) is 3. The highest BCUT2D eigenvalue weighted by molar-refractivity contribution is 5.84. The van der Waals surface area contributed by atoms with E-state index in [1.54, 1.807) is 23.9 Å². The van der Waals surface area contributed by atoms with Crippen LogP contribution in [0.3, 0.4) is 0 Å². The third-order valence-electron chi connectivity index (χ3n) is 4.46. The maximum Gasteiger partial charge on any atom is 0.323 e. The van der Waals surface area contributed by atoms with Gasteiger partial charge < -0.3 is 15.1 Å². The van der Waals surface area contributed by atoms with Gasteiger partial charge >= 0.3 is 12.1 Å². The highest BCUT2D eigenvalue weighted by Crippen LogP contribution is 2.32. The van der Waals surface area contributed by atoms with Crippen molar-refractivity contribution in [2.45, 2.75) is 50.5 Å². The quantitative estimate of drug-likeness (QED) is 0.756. The fourth-order valence-electron chi connectivity index (χ4n) is 3.47. The van der Waals surface area contributed by atoms with Crippen LogP contribution in [0.4, 0.5) is 9.59 Å². The summed E-state index contributed by atoms with van der Waals surface area (Å²) < 4.78 is 0. The van der Waals surface area contributed by atoms with Gasteiger partial charge in [0.1, 0.15) is 12.3 Å².